The number of hydrogen-bond acceptors (Lipinski definition) is 9. The quantitative estimate of drug-likeness (QED) is 0.125. The Morgan fingerprint density at radius 1 is 0.959 bits per heavy atom. The van der Waals surface area contributed by atoms with Crippen molar-refractivity contribution in [3.8, 4) is 0 Å². The molecule has 16 heteroatoms. The van der Waals surface area contributed by atoms with Crippen LogP contribution in [0, 0.1) is 16.0 Å². The number of imide groups is 1. The molecule has 4 aromatic rings. The topological polar surface area (TPSA) is 135 Å². The highest BCUT2D eigenvalue weighted by Gasteiger charge is 2.57. The maximum absolute atomic E-state index is 14.1. The first-order chi connectivity index (χ1) is 23.3. The van der Waals surface area contributed by atoms with E-state index in [1.807, 2.05) is 38.1 Å². The van der Waals surface area contributed by atoms with Gasteiger partial charge in [-0.1, -0.05) is 47.4 Å². The number of nitro groups is 1. The van der Waals surface area contributed by atoms with Gasteiger partial charge in [-0.25, -0.2) is 4.90 Å². The molecule has 11 nitrogen and oxygen atoms in total. The molecule has 0 saturated carbocycles. The molecule has 2 unspecified atom stereocenters. The van der Waals surface area contributed by atoms with Gasteiger partial charge in [0, 0.05) is 41.7 Å². The summed E-state index contributed by atoms with van der Waals surface area (Å²) < 4.78 is 41.9. The third kappa shape index (κ3) is 6.21. The van der Waals surface area contributed by atoms with Crippen LogP contribution in [0.15, 0.2) is 82.6 Å². The Hall–Kier alpha value is -4.96. The number of fused-ring (bicyclic) bond motifs is 2. The summed E-state index contributed by atoms with van der Waals surface area (Å²) in [4.78, 5) is 68.3. The van der Waals surface area contributed by atoms with Crippen LogP contribution in [0.2, 0.25) is 0 Å². The number of non-ortho nitro benzene ring substituents is 1. The van der Waals surface area contributed by atoms with E-state index in [4.69, 9.17) is 0 Å². The van der Waals surface area contributed by atoms with Crippen molar-refractivity contribution in [2.45, 2.75) is 42.8 Å². The number of carbonyl (C=O) groups is 3. The first-order valence-corrected chi connectivity index (χ1v) is 16.9. The van der Waals surface area contributed by atoms with Gasteiger partial charge in [0.2, 0.25) is 17.7 Å². The number of carbonyl (C=O) groups excluding carboxylic acids is 3. The molecular weight excluding hydrogens is 684 g/mol. The largest absolute Gasteiger partial charge is 0.418 e. The molecule has 1 fully saturated rings. The number of halogens is 3. The minimum atomic E-state index is -4.73. The number of anilines is 3. The van der Waals surface area contributed by atoms with E-state index in [9.17, 15) is 42.5 Å². The molecule has 1 N–H and O–H groups in total. The number of thioether (sulfide) groups is 1. The second-order valence-electron chi connectivity index (χ2n) is 11.3. The number of thiazole rings is 1. The molecule has 0 spiro atoms. The summed E-state index contributed by atoms with van der Waals surface area (Å²) in [6.45, 7) is 4.90. The molecule has 3 atom stereocenters. The van der Waals surface area contributed by atoms with Crippen molar-refractivity contribution in [2.75, 3.05) is 28.2 Å². The van der Waals surface area contributed by atoms with Crippen molar-refractivity contribution in [3.05, 3.63) is 109 Å². The number of hydrogen-bond donors (Lipinski definition) is 1. The van der Waals surface area contributed by atoms with E-state index in [0.717, 1.165) is 63.5 Å². The predicted molar refractivity (Wildman–Crippen MR) is 179 cm³/mol. The van der Waals surface area contributed by atoms with Crippen molar-refractivity contribution in [1.82, 2.24) is 4.57 Å². The van der Waals surface area contributed by atoms with Gasteiger partial charge in [-0.2, -0.15) is 13.2 Å². The fourth-order valence-corrected chi connectivity index (χ4v) is 9.02. The van der Waals surface area contributed by atoms with Gasteiger partial charge in [-0.3, -0.25) is 33.9 Å². The van der Waals surface area contributed by atoms with Crippen molar-refractivity contribution >= 4 is 63.6 Å². The van der Waals surface area contributed by atoms with Crippen molar-refractivity contribution in [1.29, 1.82) is 0 Å². The Morgan fingerprint density at radius 3 is 2.22 bits per heavy atom. The molecule has 2 aliphatic heterocycles. The minimum absolute atomic E-state index is 0.148. The molecule has 6 rings (SSSR count). The van der Waals surface area contributed by atoms with Crippen LogP contribution in [0.3, 0.4) is 0 Å². The fourth-order valence-electron chi connectivity index (χ4n) is 6.25. The highest BCUT2D eigenvalue weighted by molar-refractivity contribution is 8.00. The fraction of sp³-hybridized carbons (Fsp3) is 0.273. The Bertz CT molecular complexity index is 2010. The minimum Gasteiger partial charge on any atom is -0.372 e. The molecule has 2 aliphatic rings. The van der Waals surface area contributed by atoms with Crippen LogP contribution in [0.5, 0.6) is 0 Å². The lowest BCUT2D eigenvalue weighted by atomic mass is 9.83. The maximum atomic E-state index is 14.1. The number of alkyl halides is 3. The summed E-state index contributed by atoms with van der Waals surface area (Å²) in [5.74, 6) is -3.77. The van der Waals surface area contributed by atoms with Crippen LogP contribution in [0.4, 0.5) is 35.9 Å². The zero-order chi connectivity index (χ0) is 35.2. The van der Waals surface area contributed by atoms with Crippen LogP contribution < -0.4 is 20.0 Å². The first-order valence-electron chi connectivity index (χ1n) is 15.2. The van der Waals surface area contributed by atoms with E-state index in [2.05, 4.69) is 10.2 Å². The van der Waals surface area contributed by atoms with Crippen LogP contribution in [0.25, 0.3) is 0 Å². The van der Waals surface area contributed by atoms with Crippen LogP contribution in [0.1, 0.15) is 35.8 Å². The zero-order valence-corrected chi connectivity index (χ0v) is 27.6. The predicted octanol–water partition coefficient (Wildman–Crippen LogP) is 6.12. The Balaban J connectivity index is 1.40. The summed E-state index contributed by atoms with van der Waals surface area (Å²) >= 11 is 1.76. The number of amides is 3. The molecule has 49 heavy (non-hydrogen) atoms. The molecule has 1 aromatic heterocycles. The smallest absolute Gasteiger partial charge is 0.372 e. The number of nitrogens with one attached hydrogen (secondary N) is 1. The molecule has 3 amide bonds. The molecule has 1 saturated heterocycles. The summed E-state index contributed by atoms with van der Waals surface area (Å²) in [5.41, 5.74) is -0.00578. The van der Waals surface area contributed by atoms with Crippen molar-refractivity contribution in [2.24, 2.45) is 5.92 Å². The lowest BCUT2D eigenvalue weighted by Crippen LogP contribution is -2.33. The number of nitrogens with zero attached hydrogens (tertiary/aromatic N) is 4. The number of aromatic nitrogens is 1. The van der Waals surface area contributed by atoms with E-state index in [0.29, 0.717) is 10.4 Å². The zero-order valence-electron chi connectivity index (χ0n) is 26.0. The average Bonchev–Trinajstić information content (AvgIpc) is 3.51. The molecule has 0 aliphatic carbocycles. The highest BCUT2D eigenvalue weighted by atomic mass is 32.2. The van der Waals surface area contributed by atoms with E-state index in [1.54, 1.807) is 0 Å². The van der Waals surface area contributed by atoms with Crippen molar-refractivity contribution in [3.63, 3.8) is 0 Å². The maximum Gasteiger partial charge on any atom is 0.418 e. The summed E-state index contributed by atoms with van der Waals surface area (Å²) in [5, 5.41) is 12.7. The van der Waals surface area contributed by atoms with Gasteiger partial charge in [0.25, 0.3) is 5.69 Å². The van der Waals surface area contributed by atoms with Gasteiger partial charge in [0.05, 0.1) is 32.8 Å². The van der Waals surface area contributed by atoms with E-state index in [-0.39, 0.29) is 16.4 Å². The Kier molecular flexibility index (Phi) is 9.11. The number of benzene rings is 3. The van der Waals surface area contributed by atoms with E-state index < -0.39 is 68.6 Å². The SMILES string of the molecule is CCN(CC)c1ccc([C@H]2c3sc(=O)n(CC(=O)Nc4ccccc4C(F)(F)F)c3SC3C(=O)N(c4ccc([N+](=O)[O-])cc4)C(=O)C32)cc1. The van der Waals surface area contributed by atoms with Gasteiger partial charge in [0.15, 0.2) is 0 Å². The molecular formula is C33H28F3N5O6S2. The standard InChI is InChI=1S/C33H28F3N5O6S2/c1-3-38(4-2)19-11-9-18(10-12-19)25-26-27(30(44)40(29(26)43)20-13-15-21(16-14-20)41(46)47)48-31-28(25)49-32(45)39(31)17-24(42)37-23-8-6-5-7-22(23)33(34,35)36/h5-16,25-27H,3-4,17H2,1-2H3,(H,37,42)/t25-,26?,27?/m1/s1. The second kappa shape index (κ2) is 13.2. The number of rotatable bonds is 9. The monoisotopic (exact) mass is 711 g/mol. The van der Waals surface area contributed by atoms with E-state index in [1.165, 1.54) is 36.4 Å². The normalized spacial score (nSPS) is 18.6. The Labute approximate surface area is 285 Å². The van der Waals surface area contributed by atoms with Crippen LogP contribution in [-0.4, -0.2) is 45.6 Å². The van der Waals surface area contributed by atoms with Crippen LogP contribution >= 0.6 is 23.1 Å². The van der Waals surface area contributed by atoms with Crippen LogP contribution in [-0.2, 0) is 27.1 Å². The highest BCUT2D eigenvalue weighted by Crippen LogP contribution is 2.54. The molecule has 0 radical (unpaired) electrons. The van der Waals surface area contributed by atoms with Gasteiger partial charge in [0.1, 0.15) is 11.8 Å². The summed E-state index contributed by atoms with van der Waals surface area (Å²) in [6, 6.07) is 16.9. The lowest BCUT2D eigenvalue weighted by Gasteiger charge is -2.31. The third-order valence-electron chi connectivity index (χ3n) is 8.56. The van der Waals surface area contributed by atoms with E-state index >= 15 is 0 Å². The molecule has 0 bridgehead atoms. The van der Waals surface area contributed by atoms with Gasteiger partial charge < -0.3 is 10.2 Å². The van der Waals surface area contributed by atoms with Gasteiger partial charge in [-0.15, -0.1) is 0 Å². The summed E-state index contributed by atoms with van der Waals surface area (Å²) in [6.07, 6.45) is -4.73. The molecule has 3 aromatic carbocycles. The number of nitro benzene ring substituents is 1. The van der Waals surface area contributed by atoms with Gasteiger partial charge in [-0.05, 0) is 55.8 Å². The third-order valence-corrected chi connectivity index (χ3v) is 11.2. The first kappa shape index (κ1) is 33.9. The van der Waals surface area contributed by atoms with Crippen molar-refractivity contribution < 1.29 is 32.5 Å². The second-order valence-corrected chi connectivity index (χ2v) is 13.4. The average molecular weight is 712 g/mol. The number of para-hydroxylation sites is 1. The molecule has 254 valence electrons. The van der Waals surface area contributed by atoms with Gasteiger partial charge >= 0.3 is 11.0 Å². The lowest BCUT2D eigenvalue weighted by molar-refractivity contribution is -0.384. The molecule has 3 heterocycles. The summed E-state index contributed by atoms with van der Waals surface area (Å²) in [7, 11) is 0. The Morgan fingerprint density at radius 2 is 1.61 bits per heavy atom.